The predicted molar refractivity (Wildman–Crippen MR) is 180 cm³/mol. The van der Waals surface area contributed by atoms with Crippen molar-refractivity contribution in [2.75, 3.05) is 29.9 Å². The van der Waals surface area contributed by atoms with Gasteiger partial charge < -0.3 is 25.4 Å². The maximum atomic E-state index is 13.8. The number of hydrogen-bond acceptors (Lipinski definition) is 7. The minimum Gasteiger partial charge on any atom is -0.351 e. The van der Waals surface area contributed by atoms with Gasteiger partial charge in [-0.2, -0.15) is 5.10 Å². The smallest absolute Gasteiger partial charge is 0.270 e. The second-order valence-corrected chi connectivity index (χ2v) is 11.9. The first kappa shape index (κ1) is 31.0. The second kappa shape index (κ2) is 13.6. The molecular formula is C34H36ClN9O2. The number of halogens is 1. The van der Waals surface area contributed by atoms with Gasteiger partial charge in [0.25, 0.3) is 5.91 Å². The quantitative estimate of drug-likeness (QED) is 0.220. The minimum absolute atomic E-state index is 0.169. The molecule has 2 atom stereocenters. The molecule has 2 amide bonds. The van der Waals surface area contributed by atoms with E-state index in [1.165, 1.54) is 10.9 Å². The van der Waals surface area contributed by atoms with E-state index < -0.39 is 11.9 Å². The summed E-state index contributed by atoms with van der Waals surface area (Å²) in [6.07, 6.45) is 7.05. The number of nitrogens with one attached hydrogen (secondary N) is 3. The summed E-state index contributed by atoms with van der Waals surface area (Å²) < 4.78 is 3.39. The lowest BCUT2D eigenvalue weighted by Gasteiger charge is -2.35. The standard InChI is InChI=1S/C34H36ClN9O2/c1-22-19-36-14-15-44(22)32-18-25(10-12-38-32)24-6-9-28(35)26(16-24)17-29(41-34(46)30-11-13-39-43(30)3)33(45)40-27-7-4-23(5-8-27)31-20-37-21-42(31)2/h4-13,16,18,20-22,29,36H,14-15,17,19H2,1-3H3,(H,40,45)(H,41,46)/t22-,29?/m0/s1. The molecule has 0 spiro atoms. The van der Waals surface area contributed by atoms with Crippen molar-refractivity contribution in [3.05, 3.63) is 102 Å². The largest absolute Gasteiger partial charge is 0.351 e. The number of benzene rings is 2. The highest BCUT2D eigenvalue weighted by atomic mass is 35.5. The molecule has 1 aliphatic heterocycles. The third kappa shape index (κ3) is 6.80. The van der Waals surface area contributed by atoms with E-state index in [-0.39, 0.29) is 12.3 Å². The molecule has 0 radical (unpaired) electrons. The van der Waals surface area contributed by atoms with E-state index in [1.807, 2.05) is 66.3 Å². The second-order valence-electron chi connectivity index (χ2n) is 11.5. The Kier molecular flexibility index (Phi) is 9.13. The van der Waals surface area contributed by atoms with Gasteiger partial charge in [-0.1, -0.05) is 29.8 Å². The fourth-order valence-electron chi connectivity index (χ4n) is 5.69. The Labute approximate surface area is 272 Å². The highest BCUT2D eigenvalue weighted by Crippen LogP contribution is 2.29. The summed E-state index contributed by atoms with van der Waals surface area (Å²) in [7, 11) is 3.60. The molecule has 3 N–H and O–H groups in total. The summed E-state index contributed by atoms with van der Waals surface area (Å²) in [5, 5.41) is 13.9. The molecule has 236 valence electrons. The van der Waals surface area contributed by atoms with E-state index in [9.17, 15) is 9.59 Å². The van der Waals surface area contributed by atoms with Gasteiger partial charge >= 0.3 is 0 Å². The van der Waals surface area contributed by atoms with Crippen molar-refractivity contribution in [2.45, 2.75) is 25.4 Å². The Morgan fingerprint density at radius 1 is 1.02 bits per heavy atom. The molecule has 46 heavy (non-hydrogen) atoms. The van der Waals surface area contributed by atoms with Gasteiger partial charge in [0.1, 0.15) is 17.6 Å². The summed E-state index contributed by atoms with van der Waals surface area (Å²) in [6, 6.07) is 18.3. The van der Waals surface area contributed by atoms with Crippen LogP contribution < -0.4 is 20.9 Å². The number of rotatable bonds is 9. The first-order valence-electron chi connectivity index (χ1n) is 15.2. The summed E-state index contributed by atoms with van der Waals surface area (Å²) in [4.78, 5) is 38.2. The van der Waals surface area contributed by atoms with Gasteiger partial charge in [0.2, 0.25) is 5.91 Å². The van der Waals surface area contributed by atoms with Crippen LogP contribution in [0, 0.1) is 0 Å². The Morgan fingerprint density at radius 2 is 1.80 bits per heavy atom. The molecule has 1 fully saturated rings. The van der Waals surface area contributed by atoms with Crippen LogP contribution in [0.4, 0.5) is 11.5 Å². The van der Waals surface area contributed by atoms with Crippen molar-refractivity contribution in [2.24, 2.45) is 14.1 Å². The van der Waals surface area contributed by atoms with Gasteiger partial charge in [0.05, 0.1) is 18.2 Å². The van der Waals surface area contributed by atoms with Gasteiger partial charge in [-0.15, -0.1) is 0 Å². The van der Waals surface area contributed by atoms with Gasteiger partial charge in [-0.05, 0) is 71.6 Å². The molecule has 0 saturated carbocycles. The number of aromatic nitrogens is 5. The van der Waals surface area contributed by atoms with Crippen LogP contribution in [0.5, 0.6) is 0 Å². The Hall–Kier alpha value is -5.00. The van der Waals surface area contributed by atoms with Gasteiger partial charge in [-0.3, -0.25) is 14.3 Å². The van der Waals surface area contributed by atoms with Crippen LogP contribution in [-0.2, 0) is 25.3 Å². The number of aryl methyl sites for hydroxylation is 2. The van der Waals surface area contributed by atoms with Crippen LogP contribution in [0.15, 0.2) is 85.6 Å². The number of pyridine rings is 1. The van der Waals surface area contributed by atoms with Crippen LogP contribution in [-0.4, -0.2) is 67.8 Å². The number of hydrogen-bond donors (Lipinski definition) is 3. The number of carbonyl (C=O) groups excluding carboxylic acids is 2. The van der Waals surface area contributed by atoms with E-state index in [0.717, 1.165) is 53.4 Å². The van der Waals surface area contributed by atoms with Crippen LogP contribution >= 0.6 is 11.6 Å². The normalized spacial score (nSPS) is 15.4. The van der Waals surface area contributed by atoms with Crippen molar-refractivity contribution in [3.8, 4) is 22.4 Å². The van der Waals surface area contributed by atoms with E-state index in [4.69, 9.17) is 11.6 Å². The molecule has 6 rings (SSSR count). The molecule has 1 aliphatic rings. The number of carbonyl (C=O) groups is 2. The van der Waals surface area contributed by atoms with Crippen LogP contribution in [0.25, 0.3) is 22.4 Å². The lowest BCUT2D eigenvalue weighted by atomic mass is 9.99. The molecule has 1 saturated heterocycles. The molecule has 3 aromatic heterocycles. The van der Waals surface area contributed by atoms with Crippen LogP contribution in [0.1, 0.15) is 23.0 Å². The van der Waals surface area contributed by atoms with Crippen molar-refractivity contribution < 1.29 is 9.59 Å². The summed E-state index contributed by atoms with van der Waals surface area (Å²) in [6.45, 7) is 4.87. The van der Waals surface area contributed by atoms with E-state index >= 15 is 0 Å². The van der Waals surface area contributed by atoms with Crippen LogP contribution in [0.2, 0.25) is 5.02 Å². The zero-order valence-corrected chi connectivity index (χ0v) is 26.7. The number of piperazine rings is 1. The molecule has 12 heteroatoms. The maximum Gasteiger partial charge on any atom is 0.270 e. The zero-order chi connectivity index (χ0) is 32.2. The molecule has 11 nitrogen and oxygen atoms in total. The maximum absolute atomic E-state index is 13.8. The summed E-state index contributed by atoms with van der Waals surface area (Å²) in [5.41, 5.74) is 5.51. The third-order valence-corrected chi connectivity index (χ3v) is 8.65. The third-order valence-electron chi connectivity index (χ3n) is 8.28. The predicted octanol–water partition coefficient (Wildman–Crippen LogP) is 4.31. The average molecular weight is 638 g/mol. The molecular weight excluding hydrogens is 602 g/mol. The van der Waals surface area contributed by atoms with Gasteiger partial charge in [-0.25, -0.2) is 9.97 Å². The molecule has 2 aromatic carbocycles. The number of anilines is 2. The zero-order valence-electron chi connectivity index (χ0n) is 25.9. The van der Waals surface area contributed by atoms with E-state index in [0.29, 0.717) is 22.4 Å². The Morgan fingerprint density at radius 3 is 2.52 bits per heavy atom. The number of nitrogens with zero attached hydrogens (tertiary/aromatic N) is 6. The van der Waals surface area contributed by atoms with Crippen molar-refractivity contribution in [1.82, 2.24) is 34.9 Å². The summed E-state index contributed by atoms with van der Waals surface area (Å²) in [5.74, 6) is 0.130. The Bertz CT molecular complexity index is 1850. The minimum atomic E-state index is -0.929. The van der Waals surface area contributed by atoms with Crippen molar-refractivity contribution in [3.63, 3.8) is 0 Å². The lowest BCUT2D eigenvalue weighted by molar-refractivity contribution is -0.118. The van der Waals surface area contributed by atoms with Crippen molar-refractivity contribution in [1.29, 1.82) is 0 Å². The summed E-state index contributed by atoms with van der Waals surface area (Å²) >= 11 is 6.71. The van der Waals surface area contributed by atoms with E-state index in [1.54, 1.807) is 25.6 Å². The fraction of sp³-hybridized carbons (Fsp3) is 0.265. The first-order chi connectivity index (χ1) is 22.3. The molecule has 1 unspecified atom stereocenters. The molecule has 0 bridgehead atoms. The molecule has 4 heterocycles. The van der Waals surface area contributed by atoms with E-state index in [2.05, 4.69) is 48.9 Å². The molecule has 0 aliphatic carbocycles. The SMILES string of the molecule is C[C@H]1CNCCN1c1cc(-c2ccc(Cl)c(CC(NC(=O)c3ccnn3C)C(=O)Nc3ccc(-c4cncn4C)cc3)c2)ccn1. The highest BCUT2D eigenvalue weighted by Gasteiger charge is 2.25. The van der Waals surface area contributed by atoms with Gasteiger partial charge in [0, 0.05) is 69.3 Å². The Balaban J connectivity index is 1.26. The van der Waals surface area contributed by atoms with Crippen LogP contribution in [0.3, 0.4) is 0 Å². The fourth-order valence-corrected chi connectivity index (χ4v) is 5.89. The average Bonchev–Trinajstić information content (AvgIpc) is 3.70. The van der Waals surface area contributed by atoms with Gasteiger partial charge in [0.15, 0.2) is 0 Å². The lowest BCUT2D eigenvalue weighted by Crippen LogP contribution is -2.50. The van der Waals surface area contributed by atoms with Crippen molar-refractivity contribution >= 4 is 34.9 Å². The first-order valence-corrected chi connectivity index (χ1v) is 15.5. The monoisotopic (exact) mass is 637 g/mol. The number of imidazole rings is 1. The topological polar surface area (TPSA) is 122 Å². The highest BCUT2D eigenvalue weighted by molar-refractivity contribution is 6.31. The molecule has 5 aromatic rings. The number of amides is 2.